The Morgan fingerprint density at radius 2 is 1.81 bits per heavy atom. The van der Waals surface area contributed by atoms with Crippen LogP contribution in [0, 0.1) is 26.7 Å². The molecule has 0 unspecified atom stereocenters. The average Bonchev–Trinajstić information content (AvgIpc) is 3.19. The van der Waals surface area contributed by atoms with Crippen molar-refractivity contribution >= 4 is 28.5 Å². The molecule has 1 saturated heterocycles. The molecule has 0 saturated carbocycles. The highest BCUT2D eigenvalue weighted by atomic mass is 35.5. The van der Waals surface area contributed by atoms with Crippen LogP contribution in [0.1, 0.15) is 45.7 Å². The molecule has 0 spiro atoms. The summed E-state index contributed by atoms with van der Waals surface area (Å²) in [5, 5.41) is 9.53. The second-order valence-electron chi connectivity index (χ2n) is 9.90. The van der Waals surface area contributed by atoms with Gasteiger partial charge in [-0.3, -0.25) is 9.69 Å². The van der Waals surface area contributed by atoms with E-state index in [2.05, 4.69) is 35.3 Å². The van der Waals surface area contributed by atoms with Crippen LogP contribution in [0.2, 0.25) is 5.02 Å². The Morgan fingerprint density at radius 1 is 1.06 bits per heavy atom. The molecule has 3 heterocycles. The zero-order valence-corrected chi connectivity index (χ0v) is 21.8. The summed E-state index contributed by atoms with van der Waals surface area (Å²) in [4.78, 5) is 20.5. The second kappa shape index (κ2) is 10.4. The van der Waals surface area contributed by atoms with Crippen LogP contribution < -0.4 is 5.32 Å². The van der Waals surface area contributed by atoms with Gasteiger partial charge in [0.1, 0.15) is 0 Å². The molecule has 2 aromatic carbocycles. The fourth-order valence-corrected chi connectivity index (χ4v) is 5.25. The van der Waals surface area contributed by atoms with Crippen LogP contribution >= 0.6 is 11.6 Å². The smallest absolute Gasteiger partial charge is 0.252 e. The molecule has 1 amide bonds. The van der Waals surface area contributed by atoms with Gasteiger partial charge in [-0.25, -0.2) is 9.67 Å². The number of hydrogen-bond acceptors (Lipinski definition) is 4. The van der Waals surface area contributed by atoms with Crippen LogP contribution in [0.15, 0.2) is 54.6 Å². The minimum Gasteiger partial charge on any atom is -0.352 e. The molecule has 1 aliphatic heterocycles. The Morgan fingerprint density at radius 3 is 2.53 bits per heavy atom. The van der Waals surface area contributed by atoms with Gasteiger partial charge in [0.05, 0.1) is 22.3 Å². The summed E-state index contributed by atoms with van der Waals surface area (Å²) in [6.07, 6.45) is 2.13. The van der Waals surface area contributed by atoms with E-state index >= 15 is 0 Å². The molecular weight excluding hydrogens is 470 g/mol. The van der Waals surface area contributed by atoms with Crippen LogP contribution in [0.5, 0.6) is 0 Å². The molecule has 5 rings (SSSR count). The lowest BCUT2D eigenvalue weighted by atomic mass is 9.96. The van der Waals surface area contributed by atoms with Gasteiger partial charge >= 0.3 is 0 Å². The lowest BCUT2D eigenvalue weighted by Gasteiger charge is -2.32. The van der Waals surface area contributed by atoms with Crippen molar-refractivity contribution in [3.63, 3.8) is 0 Å². The summed E-state index contributed by atoms with van der Waals surface area (Å²) >= 11 is 6.13. The van der Waals surface area contributed by atoms with Gasteiger partial charge < -0.3 is 5.32 Å². The van der Waals surface area contributed by atoms with Crippen LogP contribution in [-0.2, 0) is 6.54 Å². The van der Waals surface area contributed by atoms with Gasteiger partial charge in [0.15, 0.2) is 5.65 Å². The zero-order chi connectivity index (χ0) is 25.2. The quantitative estimate of drug-likeness (QED) is 0.371. The fourth-order valence-electron chi connectivity index (χ4n) is 5.03. The van der Waals surface area contributed by atoms with Crippen LogP contribution in [-0.4, -0.2) is 45.2 Å². The van der Waals surface area contributed by atoms with E-state index in [0.29, 0.717) is 18.0 Å². The molecule has 36 heavy (non-hydrogen) atoms. The Labute approximate surface area is 217 Å². The first-order valence-electron chi connectivity index (χ1n) is 12.6. The first-order valence-corrected chi connectivity index (χ1v) is 12.9. The number of pyridine rings is 1. The number of hydrogen-bond donors (Lipinski definition) is 1. The lowest BCUT2D eigenvalue weighted by Crippen LogP contribution is -2.38. The molecule has 186 valence electrons. The maximum absolute atomic E-state index is 13.3. The predicted octanol–water partition coefficient (Wildman–Crippen LogP) is 5.64. The summed E-state index contributed by atoms with van der Waals surface area (Å²) in [5.74, 6) is 0.415. The van der Waals surface area contributed by atoms with E-state index in [-0.39, 0.29) is 5.91 Å². The molecule has 2 aromatic heterocycles. The van der Waals surface area contributed by atoms with E-state index in [1.165, 1.54) is 11.1 Å². The number of aromatic nitrogens is 3. The van der Waals surface area contributed by atoms with Gasteiger partial charge in [0, 0.05) is 23.8 Å². The van der Waals surface area contributed by atoms with Crippen molar-refractivity contribution in [3.05, 3.63) is 87.7 Å². The molecule has 4 aromatic rings. The maximum atomic E-state index is 13.3. The van der Waals surface area contributed by atoms with Crippen molar-refractivity contribution < 1.29 is 4.79 Å². The highest BCUT2D eigenvalue weighted by molar-refractivity contribution is 6.30. The summed E-state index contributed by atoms with van der Waals surface area (Å²) in [7, 11) is 0. The number of halogens is 1. The van der Waals surface area contributed by atoms with Gasteiger partial charge in [0.2, 0.25) is 0 Å². The summed E-state index contributed by atoms with van der Waals surface area (Å²) in [6.45, 7) is 9.56. The van der Waals surface area contributed by atoms with E-state index in [1.54, 1.807) is 0 Å². The van der Waals surface area contributed by atoms with Crippen LogP contribution in [0.25, 0.3) is 16.7 Å². The number of rotatable bonds is 6. The molecule has 1 N–H and O–H groups in total. The van der Waals surface area contributed by atoms with Gasteiger partial charge in [-0.1, -0.05) is 41.4 Å². The number of nitrogens with zero attached hydrogens (tertiary/aromatic N) is 4. The summed E-state index contributed by atoms with van der Waals surface area (Å²) in [6, 6.07) is 18.1. The van der Waals surface area contributed by atoms with Gasteiger partial charge in [-0.05, 0) is 88.5 Å². The first-order chi connectivity index (χ1) is 17.4. The largest absolute Gasteiger partial charge is 0.352 e. The third kappa shape index (κ3) is 5.30. The topological polar surface area (TPSA) is 63.1 Å². The van der Waals surface area contributed by atoms with E-state index in [0.717, 1.165) is 65.6 Å². The molecule has 0 bridgehead atoms. The number of benzene rings is 2. The molecule has 6 nitrogen and oxygen atoms in total. The van der Waals surface area contributed by atoms with Gasteiger partial charge in [0.25, 0.3) is 5.91 Å². The number of piperidine rings is 1. The second-order valence-corrected chi connectivity index (χ2v) is 10.3. The van der Waals surface area contributed by atoms with E-state index in [4.69, 9.17) is 21.7 Å². The normalized spacial score (nSPS) is 14.9. The number of fused-ring (bicyclic) bond motifs is 1. The molecular formula is C29H32ClN5O. The Hall–Kier alpha value is -3.22. The van der Waals surface area contributed by atoms with Crippen molar-refractivity contribution in [1.29, 1.82) is 0 Å². The molecule has 0 aliphatic carbocycles. The molecule has 0 radical (unpaired) electrons. The standard InChI is InChI=1S/C29H32ClN5O/c1-19-7-9-25(10-8-19)35-28-27(21(3)33-35)26(15-20(2)32-28)29(36)31-17-22-11-13-34(14-12-22)18-23-5-4-6-24(30)16-23/h4-10,15-16,22H,11-14,17-18H2,1-3H3,(H,31,36). The maximum Gasteiger partial charge on any atom is 0.252 e. The molecule has 1 fully saturated rings. The number of carbonyl (C=O) groups is 1. The fraction of sp³-hybridized carbons (Fsp3) is 0.345. The molecule has 0 atom stereocenters. The summed E-state index contributed by atoms with van der Waals surface area (Å²) in [5.41, 5.74) is 6.34. The minimum absolute atomic E-state index is 0.0570. The first kappa shape index (κ1) is 24.5. The minimum atomic E-state index is -0.0570. The average molecular weight is 502 g/mol. The van der Waals surface area contributed by atoms with Crippen LogP contribution in [0.3, 0.4) is 0 Å². The number of nitrogens with one attached hydrogen (secondary N) is 1. The lowest BCUT2D eigenvalue weighted by molar-refractivity contribution is 0.0936. The third-order valence-corrected chi connectivity index (χ3v) is 7.25. The number of aryl methyl sites for hydroxylation is 3. The third-order valence-electron chi connectivity index (χ3n) is 7.02. The molecule has 1 aliphatic rings. The van der Waals surface area contributed by atoms with Gasteiger partial charge in [-0.2, -0.15) is 5.10 Å². The van der Waals surface area contributed by atoms with Crippen molar-refractivity contribution in [1.82, 2.24) is 25.0 Å². The SMILES string of the molecule is Cc1ccc(-n2nc(C)c3c(C(=O)NCC4CCN(Cc5cccc(Cl)c5)CC4)cc(C)nc32)cc1. The molecule has 7 heteroatoms. The van der Waals surface area contributed by atoms with Crippen molar-refractivity contribution in [2.45, 2.75) is 40.2 Å². The number of amides is 1. The van der Waals surface area contributed by atoms with E-state index in [1.807, 2.05) is 54.9 Å². The number of carbonyl (C=O) groups excluding carboxylic acids is 1. The monoisotopic (exact) mass is 501 g/mol. The van der Waals surface area contributed by atoms with Crippen molar-refractivity contribution in [2.75, 3.05) is 19.6 Å². The van der Waals surface area contributed by atoms with E-state index in [9.17, 15) is 4.79 Å². The predicted molar refractivity (Wildman–Crippen MR) is 145 cm³/mol. The Kier molecular flexibility index (Phi) is 7.08. The van der Waals surface area contributed by atoms with E-state index < -0.39 is 0 Å². The Balaban J connectivity index is 1.25. The van der Waals surface area contributed by atoms with Crippen LogP contribution in [0.4, 0.5) is 0 Å². The Bertz CT molecular complexity index is 1390. The highest BCUT2D eigenvalue weighted by Crippen LogP contribution is 2.26. The van der Waals surface area contributed by atoms with Gasteiger partial charge in [-0.15, -0.1) is 0 Å². The van der Waals surface area contributed by atoms with Crippen molar-refractivity contribution in [2.24, 2.45) is 5.92 Å². The zero-order valence-electron chi connectivity index (χ0n) is 21.1. The highest BCUT2D eigenvalue weighted by Gasteiger charge is 2.23. The van der Waals surface area contributed by atoms with Crippen molar-refractivity contribution in [3.8, 4) is 5.69 Å². The summed E-state index contributed by atoms with van der Waals surface area (Å²) < 4.78 is 1.84. The number of likely N-dealkylation sites (tertiary alicyclic amines) is 1.